The van der Waals surface area contributed by atoms with Crippen molar-refractivity contribution in [3.05, 3.63) is 119 Å². The number of aromatic nitrogens is 3. The van der Waals surface area contributed by atoms with E-state index in [0.29, 0.717) is 17.5 Å². The standard InChI is InChI=1S/C31H26F3N3O3/c1-30(21-9-5-3-6-10-21,22-11-7-4-8-12-22)24-17-20(13-16-28(38)40-2)18-27(29(24)39)37-35-25-15-14-23(31(32,33)34)19-26(25)36-37/h3-12,14-15,17-19,39H,13,16H2,1-2H3. The fraction of sp³-hybridized carbons (Fsp3) is 0.194. The molecule has 0 amide bonds. The van der Waals surface area contributed by atoms with Gasteiger partial charge < -0.3 is 9.84 Å². The molecule has 0 fully saturated rings. The highest BCUT2D eigenvalue weighted by molar-refractivity contribution is 5.75. The van der Waals surface area contributed by atoms with Gasteiger partial charge in [-0.25, -0.2) is 0 Å². The van der Waals surface area contributed by atoms with Crippen LogP contribution in [-0.2, 0) is 27.5 Å². The molecule has 1 heterocycles. The van der Waals surface area contributed by atoms with Crippen molar-refractivity contribution in [2.45, 2.75) is 31.4 Å². The summed E-state index contributed by atoms with van der Waals surface area (Å²) in [5, 5.41) is 20.5. The molecule has 9 heteroatoms. The Bertz CT molecular complexity index is 1630. The molecule has 0 aliphatic heterocycles. The Morgan fingerprint density at radius 1 is 0.850 bits per heavy atom. The van der Waals surface area contributed by atoms with Crippen LogP contribution < -0.4 is 0 Å². The van der Waals surface area contributed by atoms with Gasteiger partial charge in [0.1, 0.15) is 22.5 Å². The van der Waals surface area contributed by atoms with E-state index in [4.69, 9.17) is 4.74 Å². The minimum atomic E-state index is -4.53. The zero-order chi connectivity index (χ0) is 28.5. The van der Waals surface area contributed by atoms with Crippen molar-refractivity contribution in [2.75, 3.05) is 7.11 Å². The summed E-state index contributed by atoms with van der Waals surface area (Å²) in [6, 6.07) is 25.9. The topological polar surface area (TPSA) is 77.2 Å². The number of methoxy groups -OCH3 is 1. The highest BCUT2D eigenvalue weighted by Gasteiger charge is 2.35. The fourth-order valence-electron chi connectivity index (χ4n) is 4.92. The molecule has 0 bridgehead atoms. The number of carbonyl (C=O) groups is 1. The molecule has 6 nitrogen and oxygen atoms in total. The molecule has 204 valence electrons. The average Bonchev–Trinajstić information content (AvgIpc) is 3.40. The van der Waals surface area contributed by atoms with Crippen LogP contribution in [0, 0.1) is 0 Å². The van der Waals surface area contributed by atoms with E-state index in [-0.39, 0.29) is 28.9 Å². The lowest BCUT2D eigenvalue weighted by Gasteiger charge is -2.33. The van der Waals surface area contributed by atoms with Gasteiger partial charge >= 0.3 is 12.1 Å². The molecular formula is C31H26F3N3O3. The number of esters is 1. The Hall–Kier alpha value is -4.66. The molecular weight excluding hydrogens is 519 g/mol. The molecule has 4 aromatic carbocycles. The van der Waals surface area contributed by atoms with E-state index in [1.54, 1.807) is 6.07 Å². The van der Waals surface area contributed by atoms with Gasteiger partial charge in [-0.2, -0.15) is 13.2 Å². The van der Waals surface area contributed by atoms with Gasteiger partial charge in [-0.1, -0.05) is 66.7 Å². The molecule has 1 N–H and O–H groups in total. The quantitative estimate of drug-likeness (QED) is 0.184. The Balaban J connectivity index is 1.75. The van der Waals surface area contributed by atoms with Gasteiger partial charge in [0.2, 0.25) is 0 Å². The normalized spacial score (nSPS) is 12.0. The van der Waals surface area contributed by atoms with Gasteiger partial charge in [0, 0.05) is 17.4 Å². The third-order valence-corrected chi connectivity index (χ3v) is 7.16. The van der Waals surface area contributed by atoms with Crippen LogP contribution in [0.25, 0.3) is 16.7 Å². The molecule has 0 unspecified atom stereocenters. The summed E-state index contributed by atoms with van der Waals surface area (Å²) >= 11 is 0. The first-order chi connectivity index (χ1) is 19.1. The fourth-order valence-corrected chi connectivity index (χ4v) is 4.92. The lowest BCUT2D eigenvalue weighted by atomic mass is 9.70. The van der Waals surface area contributed by atoms with Gasteiger partial charge in [0.15, 0.2) is 0 Å². The van der Waals surface area contributed by atoms with Crippen molar-refractivity contribution in [3.8, 4) is 11.4 Å². The van der Waals surface area contributed by atoms with Gasteiger partial charge in [-0.05, 0) is 54.3 Å². The molecule has 40 heavy (non-hydrogen) atoms. The van der Waals surface area contributed by atoms with Crippen molar-refractivity contribution in [2.24, 2.45) is 0 Å². The van der Waals surface area contributed by atoms with Crippen LogP contribution in [0.5, 0.6) is 5.75 Å². The second-order valence-electron chi connectivity index (χ2n) is 9.63. The number of aromatic hydroxyl groups is 1. The predicted molar refractivity (Wildman–Crippen MR) is 144 cm³/mol. The van der Waals surface area contributed by atoms with Crippen LogP contribution in [0.1, 0.15) is 41.2 Å². The number of hydrogen-bond acceptors (Lipinski definition) is 5. The van der Waals surface area contributed by atoms with Crippen molar-refractivity contribution < 1.29 is 27.8 Å². The molecule has 0 saturated carbocycles. The second kappa shape index (κ2) is 10.5. The van der Waals surface area contributed by atoms with Gasteiger partial charge in [-0.3, -0.25) is 4.79 Å². The number of fused-ring (bicyclic) bond motifs is 1. The van der Waals surface area contributed by atoms with Crippen LogP contribution >= 0.6 is 0 Å². The number of ether oxygens (including phenoxy) is 1. The maximum atomic E-state index is 13.3. The van der Waals surface area contributed by atoms with Crippen molar-refractivity contribution in [1.82, 2.24) is 15.0 Å². The highest BCUT2D eigenvalue weighted by Crippen LogP contribution is 2.45. The molecule has 0 aliphatic carbocycles. The van der Waals surface area contributed by atoms with Crippen LogP contribution in [-0.4, -0.2) is 33.2 Å². The first kappa shape index (κ1) is 26.9. The molecule has 5 aromatic rings. The van der Waals surface area contributed by atoms with E-state index in [9.17, 15) is 23.1 Å². The van der Waals surface area contributed by atoms with E-state index in [2.05, 4.69) is 10.2 Å². The van der Waals surface area contributed by atoms with Gasteiger partial charge in [0.25, 0.3) is 0 Å². The van der Waals surface area contributed by atoms with E-state index < -0.39 is 23.1 Å². The number of nitrogens with zero attached hydrogens (tertiary/aromatic N) is 3. The molecule has 0 spiro atoms. The number of hydrogen-bond donors (Lipinski definition) is 1. The Labute approximate surface area is 228 Å². The maximum absolute atomic E-state index is 13.3. The molecule has 0 atom stereocenters. The summed E-state index contributed by atoms with van der Waals surface area (Å²) < 4.78 is 44.8. The zero-order valence-corrected chi connectivity index (χ0v) is 21.8. The highest BCUT2D eigenvalue weighted by atomic mass is 19.4. The van der Waals surface area contributed by atoms with Crippen molar-refractivity contribution in [3.63, 3.8) is 0 Å². The predicted octanol–water partition coefficient (Wildman–Crippen LogP) is 6.60. The monoisotopic (exact) mass is 545 g/mol. The zero-order valence-electron chi connectivity index (χ0n) is 21.8. The van der Waals surface area contributed by atoms with Crippen molar-refractivity contribution >= 4 is 17.0 Å². The first-order valence-corrected chi connectivity index (χ1v) is 12.6. The van der Waals surface area contributed by atoms with Gasteiger partial charge in [-0.15, -0.1) is 15.0 Å². The van der Waals surface area contributed by atoms with Crippen molar-refractivity contribution in [1.29, 1.82) is 0 Å². The van der Waals surface area contributed by atoms with E-state index in [1.165, 1.54) is 13.2 Å². The van der Waals surface area contributed by atoms with Gasteiger partial charge in [0.05, 0.1) is 12.7 Å². The largest absolute Gasteiger partial charge is 0.505 e. The molecule has 0 saturated heterocycles. The summed E-state index contributed by atoms with van der Waals surface area (Å²) in [4.78, 5) is 13.1. The average molecular weight is 546 g/mol. The minimum Gasteiger partial charge on any atom is -0.505 e. The summed E-state index contributed by atoms with van der Waals surface area (Å²) in [5.41, 5.74) is 1.79. The minimum absolute atomic E-state index is 0.0321. The third-order valence-electron chi connectivity index (χ3n) is 7.16. The number of phenolic OH excluding ortho intramolecular Hbond substituents is 1. The summed E-state index contributed by atoms with van der Waals surface area (Å²) in [6.07, 6.45) is -4.14. The van der Waals surface area contributed by atoms with Crippen LogP contribution in [0.4, 0.5) is 13.2 Å². The molecule has 0 radical (unpaired) electrons. The smallest absolute Gasteiger partial charge is 0.416 e. The lowest BCUT2D eigenvalue weighted by Crippen LogP contribution is -2.26. The second-order valence-corrected chi connectivity index (χ2v) is 9.63. The third kappa shape index (κ3) is 5.02. The molecule has 1 aromatic heterocycles. The first-order valence-electron chi connectivity index (χ1n) is 12.6. The molecule has 0 aliphatic rings. The van der Waals surface area contributed by atoms with Crippen LogP contribution in [0.15, 0.2) is 91.0 Å². The van der Waals surface area contributed by atoms with E-state index >= 15 is 0 Å². The summed E-state index contributed by atoms with van der Waals surface area (Å²) in [7, 11) is 1.31. The number of aryl methyl sites for hydroxylation is 1. The van der Waals surface area contributed by atoms with Crippen LogP contribution in [0.2, 0.25) is 0 Å². The number of halogens is 3. The Kier molecular flexibility index (Phi) is 7.06. The summed E-state index contributed by atoms with van der Waals surface area (Å²) in [6.45, 7) is 1.99. The SMILES string of the molecule is COC(=O)CCc1cc(-n2nc3ccc(C(F)(F)F)cc3n2)c(O)c(C(C)(c2ccccc2)c2ccccc2)c1. The van der Waals surface area contributed by atoms with Crippen LogP contribution in [0.3, 0.4) is 0 Å². The van der Waals surface area contributed by atoms with E-state index in [0.717, 1.165) is 28.1 Å². The Morgan fingerprint density at radius 3 is 2.02 bits per heavy atom. The lowest BCUT2D eigenvalue weighted by molar-refractivity contribution is -0.140. The Morgan fingerprint density at radius 2 is 1.45 bits per heavy atom. The van der Waals surface area contributed by atoms with E-state index in [1.807, 2.05) is 73.7 Å². The number of benzene rings is 4. The summed E-state index contributed by atoms with van der Waals surface area (Å²) in [5.74, 6) is -0.527. The maximum Gasteiger partial charge on any atom is 0.416 e. The number of phenols is 1. The number of carbonyl (C=O) groups excluding carboxylic acids is 1. The number of alkyl halides is 3. The number of rotatable bonds is 7. The molecule has 5 rings (SSSR count).